The molecule has 0 aliphatic rings. The number of rotatable bonds is 2. The summed E-state index contributed by atoms with van der Waals surface area (Å²) in [5.41, 5.74) is 2.38. The third-order valence-electron chi connectivity index (χ3n) is 1.21. The Kier molecular flexibility index (Phi) is 4.51. The Balaban J connectivity index is 0.00000121. The van der Waals surface area contributed by atoms with Crippen molar-refractivity contribution < 1.29 is 9.53 Å². The number of carbonyl (C=O) groups is 1. The molecule has 4 heteroatoms. The second-order valence-corrected chi connectivity index (χ2v) is 2.84. The zero-order valence-corrected chi connectivity index (χ0v) is 7.27. The third-order valence-corrected chi connectivity index (χ3v) is 2.11. The maximum atomic E-state index is 11.1. The summed E-state index contributed by atoms with van der Waals surface area (Å²) in [6, 6.07) is 0. The smallest absolute Gasteiger partial charge is 0.350 e. The molecule has 0 aromatic carbocycles. The van der Waals surface area contributed by atoms with Crippen LogP contribution >= 0.6 is 11.3 Å². The van der Waals surface area contributed by atoms with E-state index in [0.29, 0.717) is 11.5 Å². The highest BCUT2D eigenvalue weighted by Gasteiger charge is 2.11. The van der Waals surface area contributed by atoms with Crippen LogP contribution in [0.3, 0.4) is 0 Å². The number of hydrogen-bond donors (Lipinski definition) is 0. The molecule has 0 bridgehead atoms. The van der Waals surface area contributed by atoms with Gasteiger partial charge in [0.2, 0.25) is 0 Å². The monoisotopic (exact) mass is 187 g/mol. The van der Waals surface area contributed by atoms with Gasteiger partial charge in [-0.2, -0.15) is 0 Å². The van der Waals surface area contributed by atoms with Gasteiger partial charge in [-0.05, 0) is 13.8 Å². The van der Waals surface area contributed by atoms with Gasteiger partial charge in [-0.25, -0.2) is 9.78 Å². The summed E-state index contributed by atoms with van der Waals surface area (Å²) in [6.07, 6.45) is 0. The number of aromatic nitrogens is 1. The fraction of sp³-hybridized carbons (Fsp3) is 0.500. The Morgan fingerprint density at radius 2 is 2.42 bits per heavy atom. The molecule has 1 rings (SSSR count). The Morgan fingerprint density at radius 3 is 2.83 bits per heavy atom. The standard InChI is InChI=1S/C7H9NO2S.CH4/c1-3-10-7(9)6-5(2)8-4-11-6;/h4H,3H2,1-2H3;1H4. The van der Waals surface area contributed by atoms with Crippen LogP contribution in [0.4, 0.5) is 0 Å². The van der Waals surface area contributed by atoms with E-state index in [0.717, 1.165) is 5.69 Å². The highest BCUT2D eigenvalue weighted by Crippen LogP contribution is 2.12. The van der Waals surface area contributed by atoms with E-state index in [2.05, 4.69) is 4.98 Å². The summed E-state index contributed by atoms with van der Waals surface area (Å²) in [5, 5.41) is 0. The van der Waals surface area contributed by atoms with E-state index in [1.54, 1.807) is 19.4 Å². The molecular formula is C8H13NO2S. The van der Waals surface area contributed by atoms with Gasteiger partial charge >= 0.3 is 5.97 Å². The number of thiazole rings is 1. The van der Waals surface area contributed by atoms with Gasteiger partial charge < -0.3 is 4.74 Å². The van der Waals surface area contributed by atoms with Gasteiger partial charge in [-0.15, -0.1) is 11.3 Å². The van der Waals surface area contributed by atoms with Crippen molar-refractivity contribution in [2.24, 2.45) is 0 Å². The molecule has 1 aromatic rings. The summed E-state index contributed by atoms with van der Waals surface area (Å²) < 4.78 is 4.80. The van der Waals surface area contributed by atoms with Crippen molar-refractivity contribution in [2.75, 3.05) is 6.61 Å². The zero-order valence-electron chi connectivity index (χ0n) is 6.46. The van der Waals surface area contributed by atoms with Crippen molar-refractivity contribution >= 4 is 17.3 Å². The lowest BCUT2D eigenvalue weighted by Gasteiger charge is -1.97. The Bertz CT molecular complexity index is 257. The molecule has 3 nitrogen and oxygen atoms in total. The lowest BCUT2D eigenvalue weighted by Crippen LogP contribution is -2.03. The van der Waals surface area contributed by atoms with Gasteiger partial charge in [0.1, 0.15) is 4.88 Å². The van der Waals surface area contributed by atoms with E-state index >= 15 is 0 Å². The molecule has 0 spiro atoms. The fourth-order valence-electron chi connectivity index (χ4n) is 0.694. The van der Waals surface area contributed by atoms with Crippen LogP contribution < -0.4 is 0 Å². The molecule has 1 heterocycles. The molecule has 0 unspecified atom stereocenters. The van der Waals surface area contributed by atoms with Gasteiger partial charge in [0.05, 0.1) is 17.8 Å². The first-order valence-electron chi connectivity index (χ1n) is 3.33. The normalized spacial score (nSPS) is 8.83. The SMILES string of the molecule is C.CCOC(=O)c1scnc1C. The largest absolute Gasteiger partial charge is 0.462 e. The van der Waals surface area contributed by atoms with Gasteiger partial charge in [-0.1, -0.05) is 7.43 Å². The summed E-state index contributed by atoms with van der Waals surface area (Å²) in [5.74, 6) is -0.271. The van der Waals surface area contributed by atoms with Crippen molar-refractivity contribution in [1.82, 2.24) is 4.98 Å². The highest BCUT2D eigenvalue weighted by molar-refractivity contribution is 7.11. The molecule has 0 amide bonds. The third kappa shape index (κ3) is 2.30. The average molecular weight is 187 g/mol. The Labute approximate surface area is 76.4 Å². The van der Waals surface area contributed by atoms with Crippen molar-refractivity contribution in [1.29, 1.82) is 0 Å². The minimum absolute atomic E-state index is 0. The minimum Gasteiger partial charge on any atom is -0.462 e. The van der Waals surface area contributed by atoms with Crippen LogP contribution in [0.2, 0.25) is 0 Å². The van der Waals surface area contributed by atoms with Gasteiger partial charge in [-0.3, -0.25) is 0 Å². The van der Waals surface area contributed by atoms with Crippen LogP contribution in [-0.2, 0) is 4.74 Å². The maximum absolute atomic E-state index is 11.1. The van der Waals surface area contributed by atoms with Gasteiger partial charge in [0, 0.05) is 0 Å². The topological polar surface area (TPSA) is 39.2 Å². The first-order valence-corrected chi connectivity index (χ1v) is 4.21. The molecule has 0 saturated heterocycles. The van der Waals surface area contributed by atoms with Crippen LogP contribution in [0.1, 0.15) is 29.7 Å². The Hall–Kier alpha value is -0.900. The molecule has 0 atom stereocenters. The number of esters is 1. The lowest BCUT2D eigenvalue weighted by atomic mass is 10.4. The maximum Gasteiger partial charge on any atom is 0.350 e. The van der Waals surface area contributed by atoms with Crippen LogP contribution in [0.15, 0.2) is 5.51 Å². The van der Waals surface area contributed by atoms with Gasteiger partial charge in [0.15, 0.2) is 0 Å². The number of hydrogen-bond acceptors (Lipinski definition) is 4. The number of nitrogens with zero attached hydrogens (tertiary/aromatic N) is 1. The molecule has 68 valence electrons. The van der Waals surface area contributed by atoms with Crippen molar-refractivity contribution in [3.05, 3.63) is 16.1 Å². The van der Waals surface area contributed by atoms with Crippen LogP contribution in [0.5, 0.6) is 0 Å². The fourth-order valence-corrected chi connectivity index (χ4v) is 1.39. The first-order chi connectivity index (χ1) is 5.25. The van der Waals surface area contributed by atoms with E-state index in [1.807, 2.05) is 0 Å². The molecule has 0 fully saturated rings. The van der Waals surface area contributed by atoms with E-state index in [9.17, 15) is 4.79 Å². The molecule has 0 radical (unpaired) electrons. The molecule has 12 heavy (non-hydrogen) atoms. The summed E-state index contributed by atoms with van der Waals surface area (Å²) in [4.78, 5) is 15.6. The number of carbonyl (C=O) groups excluding carboxylic acids is 1. The van der Waals surface area contributed by atoms with Gasteiger partial charge in [0.25, 0.3) is 0 Å². The number of ether oxygens (including phenoxy) is 1. The predicted octanol–water partition coefficient (Wildman–Crippen LogP) is 2.26. The quantitative estimate of drug-likeness (QED) is 0.667. The van der Waals surface area contributed by atoms with Crippen molar-refractivity contribution in [3.63, 3.8) is 0 Å². The molecule has 0 N–H and O–H groups in total. The molecule has 0 aliphatic heterocycles. The summed E-state index contributed by atoms with van der Waals surface area (Å²) in [6.45, 7) is 3.99. The minimum atomic E-state index is -0.271. The predicted molar refractivity (Wildman–Crippen MR) is 49.5 cm³/mol. The first kappa shape index (κ1) is 11.1. The Morgan fingerprint density at radius 1 is 1.75 bits per heavy atom. The second-order valence-electron chi connectivity index (χ2n) is 1.99. The summed E-state index contributed by atoms with van der Waals surface area (Å²) in [7, 11) is 0. The van der Waals surface area contributed by atoms with Crippen LogP contribution in [0.25, 0.3) is 0 Å². The molecule has 0 saturated carbocycles. The van der Waals surface area contributed by atoms with E-state index < -0.39 is 0 Å². The van der Waals surface area contributed by atoms with E-state index in [4.69, 9.17) is 4.74 Å². The molecule has 1 aromatic heterocycles. The molecular weight excluding hydrogens is 174 g/mol. The lowest BCUT2D eigenvalue weighted by molar-refractivity contribution is 0.0531. The summed E-state index contributed by atoms with van der Waals surface area (Å²) >= 11 is 1.31. The second kappa shape index (κ2) is 4.87. The van der Waals surface area contributed by atoms with E-state index in [1.165, 1.54) is 11.3 Å². The van der Waals surface area contributed by atoms with E-state index in [-0.39, 0.29) is 13.4 Å². The zero-order chi connectivity index (χ0) is 8.27. The van der Waals surface area contributed by atoms with Crippen LogP contribution in [0, 0.1) is 6.92 Å². The van der Waals surface area contributed by atoms with Crippen molar-refractivity contribution in [2.45, 2.75) is 21.3 Å². The van der Waals surface area contributed by atoms with Crippen LogP contribution in [-0.4, -0.2) is 17.6 Å². The average Bonchev–Trinajstić information content (AvgIpc) is 2.36. The van der Waals surface area contributed by atoms with Crippen molar-refractivity contribution in [3.8, 4) is 0 Å². The molecule has 0 aliphatic carbocycles. The number of aryl methyl sites for hydroxylation is 1. The highest BCUT2D eigenvalue weighted by atomic mass is 32.1.